The topological polar surface area (TPSA) is 125 Å². The summed E-state index contributed by atoms with van der Waals surface area (Å²) in [7, 11) is -4.05. The standard InChI is InChI=1S/C29H33N3O5S/c1-17-13-19(3)27(20(4)14-17)38(36,37)32-26(28(33)34)15-21-6-9-22(10-7-21)23-8-5-18(2)25(16-23)31-29(35)30-24-11-12-24/h5-10,13-14,16,24,26,32H,11-12,15H2,1-4H3,(H,33,34)(H2,30,31,35)/t26-/m1/s1. The Morgan fingerprint density at radius 3 is 2.08 bits per heavy atom. The highest BCUT2D eigenvalue weighted by atomic mass is 32.2. The quantitative estimate of drug-likeness (QED) is 0.312. The van der Waals surface area contributed by atoms with E-state index in [2.05, 4.69) is 15.4 Å². The maximum atomic E-state index is 13.1. The number of aliphatic carboxylic acids is 1. The Bertz CT molecular complexity index is 1460. The number of aryl methyl sites for hydroxylation is 4. The lowest BCUT2D eigenvalue weighted by molar-refractivity contribution is -0.138. The van der Waals surface area contributed by atoms with E-state index in [4.69, 9.17) is 0 Å². The molecule has 0 bridgehead atoms. The second-order valence-electron chi connectivity index (χ2n) is 10.0. The molecule has 3 aromatic carbocycles. The molecule has 0 saturated heterocycles. The number of anilines is 1. The molecule has 0 radical (unpaired) electrons. The van der Waals surface area contributed by atoms with Crippen molar-refractivity contribution in [3.63, 3.8) is 0 Å². The summed E-state index contributed by atoms with van der Waals surface area (Å²) in [6.45, 7) is 7.21. The molecule has 1 aliphatic carbocycles. The van der Waals surface area contributed by atoms with Crippen LogP contribution in [0.5, 0.6) is 0 Å². The summed E-state index contributed by atoms with van der Waals surface area (Å²) in [5.41, 5.74) is 6.18. The Balaban J connectivity index is 1.49. The van der Waals surface area contributed by atoms with Crippen LogP contribution in [0.1, 0.15) is 40.7 Å². The number of rotatable bonds is 9. The summed E-state index contributed by atoms with van der Waals surface area (Å²) in [5, 5.41) is 15.6. The number of sulfonamides is 1. The van der Waals surface area contributed by atoms with Crippen LogP contribution in [0.15, 0.2) is 59.5 Å². The van der Waals surface area contributed by atoms with Crippen LogP contribution >= 0.6 is 0 Å². The fourth-order valence-corrected chi connectivity index (χ4v) is 6.24. The lowest BCUT2D eigenvalue weighted by Crippen LogP contribution is -2.42. The van der Waals surface area contributed by atoms with Crippen molar-refractivity contribution >= 4 is 27.7 Å². The minimum absolute atomic E-state index is 0.0131. The predicted molar refractivity (Wildman–Crippen MR) is 148 cm³/mol. The Kier molecular flexibility index (Phi) is 7.89. The van der Waals surface area contributed by atoms with Gasteiger partial charge in [0.25, 0.3) is 0 Å². The monoisotopic (exact) mass is 535 g/mol. The number of nitrogens with one attached hydrogen (secondary N) is 3. The number of hydrogen-bond acceptors (Lipinski definition) is 4. The largest absolute Gasteiger partial charge is 0.480 e. The first kappa shape index (κ1) is 27.3. The first-order valence-electron chi connectivity index (χ1n) is 12.5. The Morgan fingerprint density at radius 1 is 0.895 bits per heavy atom. The highest BCUT2D eigenvalue weighted by Gasteiger charge is 2.28. The third-order valence-corrected chi connectivity index (χ3v) is 8.37. The van der Waals surface area contributed by atoms with Crippen LogP contribution in [0.3, 0.4) is 0 Å². The van der Waals surface area contributed by atoms with Crippen LogP contribution in [0.4, 0.5) is 10.5 Å². The second kappa shape index (κ2) is 11.0. The number of carbonyl (C=O) groups excluding carboxylic acids is 1. The van der Waals surface area contributed by atoms with Crippen molar-refractivity contribution < 1.29 is 23.1 Å². The van der Waals surface area contributed by atoms with Gasteiger partial charge in [-0.1, -0.05) is 54.1 Å². The van der Waals surface area contributed by atoms with Crippen LogP contribution < -0.4 is 15.4 Å². The Labute approximate surface area is 223 Å². The lowest BCUT2D eigenvalue weighted by atomic mass is 9.99. The first-order chi connectivity index (χ1) is 17.9. The van der Waals surface area contributed by atoms with Crippen LogP contribution in [-0.4, -0.2) is 37.6 Å². The van der Waals surface area contributed by atoms with Gasteiger partial charge in [0, 0.05) is 11.7 Å². The molecule has 0 aromatic heterocycles. The van der Waals surface area contributed by atoms with E-state index < -0.39 is 22.0 Å². The fourth-order valence-electron chi connectivity index (χ4n) is 4.59. The minimum atomic E-state index is -4.05. The molecule has 8 nitrogen and oxygen atoms in total. The van der Waals surface area contributed by atoms with E-state index >= 15 is 0 Å². The molecule has 1 atom stereocenters. The van der Waals surface area contributed by atoms with E-state index in [9.17, 15) is 23.1 Å². The molecule has 1 fully saturated rings. The zero-order valence-electron chi connectivity index (χ0n) is 22.0. The number of carboxylic acid groups (broad SMARTS) is 1. The van der Waals surface area contributed by atoms with Crippen LogP contribution in [0.2, 0.25) is 0 Å². The van der Waals surface area contributed by atoms with Gasteiger partial charge in [0.15, 0.2) is 0 Å². The molecule has 9 heteroatoms. The molecule has 0 spiro atoms. The number of amides is 2. The molecule has 4 rings (SSSR count). The second-order valence-corrected chi connectivity index (χ2v) is 11.7. The maximum Gasteiger partial charge on any atom is 0.322 e. The highest BCUT2D eigenvalue weighted by Crippen LogP contribution is 2.27. The average molecular weight is 536 g/mol. The van der Waals surface area contributed by atoms with Crippen LogP contribution in [-0.2, 0) is 21.2 Å². The highest BCUT2D eigenvalue weighted by molar-refractivity contribution is 7.89. The van der Waals surface area contributed by atoms with Crippen LogP contribution in [0.25, 0.3) is 11.1 Å². The van der Waals surface area contributed by atoms with E-state index in [0.29, 0.717) is 22.4 Å². The molecular formula is C29H33N3O5S. The molecule has 1 saturated carbocycles. The third kappa shape index (κ3) is 6.59. The van der Waals surface area contributed by atoms with Crippen molar-refractivity contribution in [1.82, 2.24) is 10.0 Å². The van der Waals surface area contributed by atoms with E-state index in [1.165, 1.54) is 0 Å². The molecular weight excluding hydrogens is 502 g/mol. The summed E-state index contributed by atoms with van der Waals surface area (Å²) in [6.07, 6.45) is 2.00. The molecule has 1 aliphatic rings. The van der Waals surface area contributed by atoms with E-state index in [1.807, 2.05) is 44.2 Å². The lowest BCUT2D eigenvalue weighted by Gasteiger charge is -2.18. The Hall–Kier alpha value is -3.69. The van der Waals surface area contributed by atoms with Gasteiger partial charge >= 0.3 is 12.0 Å². The first-order valence-corrected chi connectivity index (χ1v) is 14.0. The third-order valence-electron chi connectivity index (χ3n) is 6.59. The van der Waals surface area contributed by atoms with E-state index in [-0.39, 0.29) is 23.4 Å². The minimum Gasteiger partial charge on any atom is -0.480 e. The molecule has 2 amide bonds. The number of carboxylic acids is 1. The molecule has 0 aliphatic heterocycles. The number of carbonyl (C=O) groups is 2. The van der Waals surface area contributed by atoms with Gasteiger partial charge in [-0.3, -0.25) is 4.79 Å². The Morgan fingerprint density at radius 2 is 1.50 bits per heavy atom. The average Bonchev–Trinajstić information content (AvgIpc) is 3.63. The van der Waals surface area contributed by atoms with Gasteiger partial charge in [0.1, 0.15) is 6.04 Å². The van der Waals surface area contributed by atoms with Gasteiger partial charge < -0.3 is 15.7 Å². The zero-order chi connectivity index (χ0) is 27.6. The molecule has 200 valence electrons. The predicted octanol–water partition coefficient (Wildman–Crippen LogP) is 4.85. The molecule has 4 N–H and O–H groups in total. The summed E-state index contributed by atoms with van der Waals surface area (Å²) >= 11 is 0. The number of hydrogen-bond donors (Lipinski definition) is 4. The SMILES string of the molecule is Cc1cc(C)c(S(=O)(=O)N[C@H](Cc2ccc(-c3ccc(C)c(NC(=O)NC4CC4)c3)cc2)C(=O)O)c(C)c1. The zero-order valence-corrected chi connectivity index (χ0v) is 22.8. The number of benzene rings is 3. The fraction of sp³-hybridized carbons (Fsp3) is 0.310. The summed E-state index contributed by atoms with van der Waals surface area (Å²) in [5.74, 6) is -1.25. The van der Waals surface area contributed by atoms with Crippen molar-refractivity contribution in [3.05, 3.63) is 82.4 Å². The van der Waals surface area contributed by atoms with Crippen molar-refractivity contribution in [2.45, 2.75) is 63.9 Å². The van der Waals surface area contributed by atoms with E-state index in [1.54, 1.807) is 38.1 Å². The summed E-state index contributed by atoms with van der Waals surface area (Å²) in [4.78, 5) is 24.3. The maximum absolute atomic E-state index is 13.1. The number of urea groups is 1. The van der Waals surface area contributed by atoms with Gasteiger partial charge in [0.2, 0.25) is 10.0 Å². The molecule has 3 aromatic rings. The summed E-state index contributed by atoms with van der Waals surface area (Å²) < 4.78 is 28.6. The van der Waals surface area contributed by atoms with Gasteiger partial charge in [-0.05, 0) is 86.4 Å². The normalized spacial score (nSPS) is 14.1. The van der Waals surface area contributed by atoms with Crippen molar-refractivity contribution in [3.8, 4) is 11.1 Å². The van der Waals surface area contributed by atoms with Gasteiger partial charge in [-0.15, -0.1) is 0 Å². The van der Waals surface area contributed by atoms with Crippen LogP contribution in [0, 0.1) is 27.7 Å². The molecule has 38 heavy (non-hydrogen) atoms. The molecule has 0 heterocycles. The summed E-state index contributed by atoms with van der Waals surface area (Å²) in [6, 6.07) is 15.3. The molecule has 0 unspecified atom stereocenters. The van der Waals surface area contributed by atoms with Crippen molar-refractivity contribution in [1.29, 1.82) is 0 Å². The smallest absolute Gasteiger partial charge is 0.322 e. The van der Waals surface area contributed by atoms with Crippen molar-refractivity contribution in [2.75, 3.05) is 5.32 Å². The van der Waals surface area contributed by atoms with Gasteiger partial charge in [-0.2, -0.15) is 4.72 Å². The van der Waals surface area contributed by atoms with Gasteiger partial charge in [0.05, 0.1) is 4.90 Å². The van der Waals surface area contributed by atoms with Crippen molar-refractivity contribution in [2.24, 2.45) is 0 Å². The van der Waals surface area contributed by atoms with E-state index in [0.717, 1.165) is 35.1 Å². The van der Waals surface area contributed by atoms with Gasteiger partial charge in [-0.25, -0.2) is 13.2 Å².